The lowest BCUT2D eigenvalue weighted by molar-refractivity contribution is 0.102. The standard InChI is InChI=1S/C20H24O4/c1-14(21)13-23-18-8-6-5-7-17(18)19(22)15-9-11-16(12-10-15)24-20(2,3)4/h5-12,14,21H,13H2,1-4H3. The molecule has 0 spiro atoms. The Balaban J connectivity index is 2.20. The molecule has 0 amide bonds. The monoisotopic (exact) mass is 328 g/mol. The quantitative estimate of drug-likeness (QED) is 0.818. The van der Waals surface area contributed by atoms with Gasteiger partial charge in [0.25, 0.3) is 0 Å². The lowest BCUT2D eigenvalue weighted by Gasteiger charge is -2.21. The van der Waals surface area contributed by atoms with Crippen molar-refractivity contribution < 1.29 is 19.4 Å². The highest BCUT2D eigenvalue weighted by Gasteiger charge is 2.16. The van der Waals surface area contributed by atoms with Crippen molar-refractivity contribution in [1.82, 2.24) is 0 Å². The first-order chi connectivity index (χ1) is 11.3. The highest BCUT2D eigenvalue weighted by molar-refractivity contribution is 6.10. The van der Waals surface area contributed by atoms with E-state index in [4.69, 9.17) is 9.47 Å². The molecule has 128 valence electrons. The molecule has 0 aliphatic heterocycles. The minimum Gasteiger partial charge on any atom is -0.490 e. The highest BCUT2D eigenvalue weighted by Crippen LogP contribution is 2.24. The first-order valence-electron chi connectivity index (χ1n) is 8.00. The van der Waals surface area contributed by atoms with Crippen LogP contribution in [0.25, 0.3) is 0 Å². The van der Waals surface area contributed by atoms with Crippen LogP contribution in [0.2, 0.25) is 0 Å². The summed E-state index contributed by atoms with van der Waals surface area (Å²) in [5.74, 6) is 1.06. The first kappa shape index (κ1) is 18.0. The Bertz CT molecular complexity index is 682. The van der Waals surface area contributed by atoms with Gasteiger partial charge >= 0.3 is 0 Å². The second kappa shape index (κ2) is 7.49. The largest absolute Gasteiger partial charge is 0.490 e. The highest BCUT2D eigenvalue weighted by atomic mass is 16.5. The zero-order chi connectivity index (χ0) is 17.7. The lowest BCUT2D eigenvalue weighted by Crippen LogP contribution is -2.22. The van der Waals surface area contributed by atoms with Gasteiger partial charge in [-0.2, -0.15) is 0 Å². The summed E-state index contributed by atoms with van der Waals surface area (Å²) in [6.45, 7) is 7.70. The first-order valence-corrected chi connectivity index (χ1v) is 8.00. The molecule has 4 nitrogen and oxygen atoms in total. The fourth-order valence-electron chi connectivity index (χ4n) is 2.17. The molecule has 1 N–H and O–H groups in total. The van der Waals surface area contributed by atoms with Gasteiger partial charge in [0.05, 0.1) is 11.7 Å². The van der Waals surface area contributed by atoms with Crippen LogP contribution in [0.4, 0.5) is 0 Å². The molecule has 0 aromatic heterocycles. The van der Waals surface area contributed by atoms with E-state index in [-0.39, 0.29) is 18.0 Å². The molecular formula is C20H24O4. The van der Waals surface area contributed by atoms with Crippen molar-refractivity contribution in [2.24, 2.45) is 0 Å². The number of hydrogen-bond acceptors (Lipinski definition) is 4. The molecule has 0 bridgehead atoms. The van der Waals surface area contributed by atoms with Crippen LogP contribution in [0, 0.1) is 0 Å². The number of carbonyl (C=O) groups is 1. The van der Waals surface area contributed by atoms with Gasteiger partial charge in [0.2, 0.25) is 0 Å². The van der Waals surface area contributed by atoms with Crippen molar-refractivity contribution in [3.05, 3.63) is 59.7 Å². The smallest absolute Gasteiger partial charge is 0.196 e. The van der Waals surface area contributed by atoms with Gasteiger partial charge in [-0.3, -0.25) is 4.79 Å². The van der Waals surface area contributed by atoms with Crippen molar-refractivity contribution in [2.45, 2.75) is 39.4 Å². The number of rotatable bonds is 6. The van der Waals surface area contributed by atoms with Crippen LogP contribution in [0.1, 0.15) is 43.6 Å². The SMILES string of the molecule is CC(O)COc1ccccc1C(=O)c1ccc(OC(C)(C)C)cc1. The Kier molecular flexibility index (Phi) is 5.62. The summed E-state index contributed by atoms with van der Waals surface area (Å²) < 4.78 is 11.3. The van der Waals surface area contributed by atoms with Crippen molar-refractivity contribution in [3.8, 4) is 11.5 Å². The number of aliphatic hydroxyl groups excluding tert-OH is 1. The van der Waals surface area contributed by atoms with E-state index >= 15 is 0 Å². The Labute approximate surface area is 143 Å². The number of aliphatic hydroxyl groups is 1. The van der Waals surface area contributed by atoms with Crippen LogP contribution in [0.15, 0.2) is 48.5 Å². The minimum absolute atomic E-state index is 0.126. The third-order valence-corrected chi connectivity index (χ3v) is 3.15. The van der Waals surface area contributed by atoms with Gasteiger partial charge in [-0.15, -0.1) is 0 Å². The molecule has 2 aromatic carbocycles. The van der Waals surface area contributed by atoms with Crippen molar-refractivity contribution in [3.63, 3.8) is 0 Å². The lowest BCUT2D eigenvalue weighted by atomic mass is 10.0. The van der Waals surface area contributed by atoms with Gasteiger partial charge in [-0.25, -0.2) is 0 Å². The predicted molar refractivity (Wildman–Crippen MR) is 93.9 cm³/mol. The normalized spacial score (nSPS) is 12.5. The molecule has 0 fully saturated rings. The third-order valence-electron chi connectivity index (χ3n) is 3.15. The Hall–Kier alpha value is -2.33. The molecule has 1 unspecified atom stereocenters. The summed E-state index contributed by atoms with van der Waals surface area (Å²) in [6.07, 6.45) is -0.595. The average molecular weight is 328 g/mol. The molecule has 24 heavy (non-hydrogen) atoms. The fraction of sp³-hybridized carbons (Fsp3) is 0.350. The average Bonchev–Trinajstić information content (AvgIpc) is 2.52. The number of para-hydroxylation sites is 1. The van der Waals surface area contributed by atoms with E-state index in [0.717, 1.165) is 5.75 Å². The van der Waals surface area contributed by atoms with Crippen LogP contribution in [-0.2, 0) is 0 Å². The van der Waals surface area contributed by atoms with Gasteiger partial charge < -0.3 is 14.6 Å². The molecule has 4 heteroatoms. The van der Waals surface area contributed by atoms with Gasteiger partial charge in [0, 0.05) is 5.56 Å². The van der Waals surface area contributed by atoms with Crippen LogP contribution in [0.5, 0.6) is 11.5 Å². The van der Waals surface area contributed by atoms with E-state index in [1.165, 1.54) is 0 Å². The maximum Gasteiger partial charge on any atom is 0.196 e. The third kappa shape index (κ3) is 5.10. The number of ketones is 1. The minimum atomic E-state index is -0.595. The van der Waals surface area contributed by atoms with Crippen molar-refractivity contribution in [1.29, 1.82) is 0 Å². The Morgan fingerprint density at radius 3 is 2.29 bits per heavy atom. The maximum absolute atomic E-state index is 12.7. The molecule has 0 heterocycles. The van der Waals surface area contributed by atoms with Gasteiger partial charge in [0.15, 0.2) is 5.78 Å². The zero-order valence-electron chi connectivity index (χ0n) is 14.6. The van der Waals surface area contributed by atoms with Gasteiger partial charge in [-0.1, -0.05) is 12.1 Å². The van der Waals surface area contributed by atoms with E-state index < -0.39 is 6.10 Å². The van der Waals surface area contributed by atoms with Crippen molar-refractivity contribution >= 4 is 5.78 Å². The Morgan fingerprint density at radius 2 is 1.71 bits per heavy atom. The van der Waals surface area contributed by atoms with Crippen LogP contribution < -0.4 is 9.47 Å². The predicted octanol–water partition coefficient (Wildman–Crippen LogP) is 3.85. The summed E-state index contributed by atoms with van der Waals surface area (Å²) in [7, 11) is 0. The zero-order valence-corrected chi connectivity index (χ0v) is 14.6. The van der Waals surface area contributed by atoms with Gasteiger partial charge in [-0.05, 0) is 64.1 Å². The molecular weight excluding hydrogens is 304 g/mol. The second-order valence-electron chi connectivity index (χ2n) is 6.72. The van der Waals surface area contributed by atoms with E-state index in [1.807, 2.05) is 20.8 Å². The maximum atomic E-state index is 12.7. The van der Waals surface area contributed by atoms with E-state index in [1.54, 1.807) is 55.5 Å². The van der Waals surface area contributed by atoms with E-state index in [2.05, 4.69) is 0 Å². The molecule has 1 atom stereocenters. The molecule has 0 aliphatic carbocycles. The molecule has 0 saturated carbocycles. The summed E-state index contributed by atoms with van der Waals surface area (Å²) in [6, 6.07) is 14.1. The van der Waals surface area contributed by atoms with Crippen LogP contribution >= 0.6 is 0 Å². The summed E-state index contributed by atoms with van der Waals surface area (Å²) in [5, 5.41) is 9.36. The number of hydrogen-bond donors (Lipinski definition) is 1. The summed E-state index contributed by atoms with van der Waals surface area (Å²) in [5.41, 5.74) is 0.749. The molecule has 0 aliphatic rings. The second-order valence-corrected chi connectivity index (χ2v) is 6.72. The van der Waals surface area contributed by atoms with E-state index in [9.17, 15) is 9.90 Å². The van der Waals surface area contributed by atoms with Gasteiger partial charge in [0.1, 0.15) is 23.7 Å². The van der Waals surface area contributed by atoms with Crippen LogP contribution in [-0.4, -0.2) is 29.2 Å². The molecule has 2 aromatic rings. The topological polar surface area (TPSA) is 55.8 Å². The summed E-state index contributed by atoms with van der Waals surface area (Å²) >= 11 is 0. The van der Waals surface area contributed by atoms with Crippen molar-refractivity contribution in [2.75, 3.05) is 6.61 Å². The van der Waals surface area contributed by atoms with Crippen LogP contribution in [0.3, 0.4) is 0 Å². The number of carbonyl (C=O) groups excluding carboxylic acids is 1. The summed E-state index contributed by atoms with van der Waals surface area (Å²) in [4.78, 5) is 12.7. The number of ether oxygens (including phenoxy) is 2. The molecule has 2 rings (SSSR count). The number of benzene rings is 2. The molecule has 0 saturated heterocycles. The molecule has 0 radical (unpaired) electrons. The van der Waals surface area contributed by atoms with E-state index in [0.29, 0.717) is 16.9 Å². The Morgan fingerprint density at radius 1 is 1.08 bits per heavy atom. The fourth-order valence-corrected chi connectivity index (χ4v) is 2.17.